The van der Waals surface area contributed by atoms with E-state index in [0.717, 1.165) is 18.9 Å². The Morgan fingerprint density at radius 2 is 1.73 bits per heavy atom. The number of anilines is 1. The van der Waals surface area contributed by atoms with Crippen molar-refractivity contribution in [3.05, 3.63) is 65.1 Å². The number of carbonyl (C=O) groups is 2. The second kappa shape index (κ2) is 11.9. The molecule has 10 heteroatoms. The Morgan fingerprint density at radius 3 is 2.43 bits per heavy atom. The third-order valence-electron chi connectivity index (χ3n) is 6.55. The van der Waals surface area contributed by atoms with Crippen molar-refractivity contribution < 1.29 is 22.8 Å². The Hall–Kier alpha value is -3.20. The molecule has 6 nitrogen and oxygen atoms in total. The van der Waals surface area contributed by atoms with Gasteiger partial charge in [0.25, 0.3) is 0 Å². The first-order chi connectivity index (χ1) is 17.7. The zero-order valence-corrected chi connectivity index (χ0v) is 20.9. The monoisotopic (exact) mass is 532 g/mol. The van der Waals surface area contributed by atoms with Gasteiger partial charge in [-0.2, -0.15) is 13.2 Å². The molecule has 1 saturated carbocycles. The van der Waals surface area contributed by atoms with Crippen LogP contribution in [0.3, 0.4) is 0 Å². The molecule has 1 fully saturated rings. The zero-order chi connectivity index (χ0) is 26.4. The Kier molecular flexibility index (Phi) is 8.63. The van der Waals surface area contributed by atoms with Gasteiger partial charge in [0.1, 0.15) is 5.69 Å². The van der Waals surface area contributed by atoms with Gasteiger partial charge in [0.2, 0.25) is 5.91 Å². The lowest BCUT2D eigenvalue weighted by atomic mass is 9.90. The third-order valence-corrected chi connectivity index (χ3v) is 6.79. The summed E-state index contributed by atoms with van der Waals surface area (Å²) >= 11 is 6.08. The molecule has 2 N–H and O–H groups in total. The number of nitrogens with zero attached hydrogens (tertiary/aromatic N) is 2. The van der Waals surface area contributed by atoms with Crippen molar-refractivity contribution in [3.63, 3.8) is 0 Å². The molecule has 1 aliphatic carbocycles. The zero-order valence-electron chi connectivity index (χ0n) is 20.2. The summed E-state index contributed by atoms with van der Waals surface area (Å²) < 4.78 is 40.1. The fraction of sp³-hybridized carbons (Fsp3) is 0.407. The number of hydrogen-bond donors (Lipinski definition) is 2. The van der Waals surface area contributed by atoms with E-state index < -0.39 is 11.9 Å². The number of halogens is 4. The van der Waals surface area contributed by atoms with Crippen LogP contribution in [0.15, 0.2) is 48.8 Å². The van der Waals surface area contributed by atoms with Crippen LogP contribution in [0.25, 0.3) is 10.9 Å². The summed E-state index contributed by atoms with van der Waals surface area (Å²) in [5, 5.41) is 7.27. The van der Waals surface area contributed by atoms with Crippen LogP contribution in [0, 0.1) is 0 Å². The molecule has 1 aliphatic rings. The molecule has 1 aromatic carbocycles. The van der Waals surface area contributed by atoms with Gasteiger partial charge in [-0.3, -0.25) is 14.6 Å². The van der Waals surface area contributed by atoms with Crippen LogP contribution in [-0.4, -0.2) is 33.7 Å². The average Bonchev–Trinajstić information content (AvgIpc) is 2.87. The Morgan fingerprint density at radius 1 is 1.00 bits per heavy atom. The first kappa shape index (κ1) is 26.9. The summed E-state index contributed by atoms with van der Waals surface area (Å²) in [6, 6.07) is 9.10. The number of rotatable bonds is 9. The number of amides is 1. The van der Waals surface area contributed by atoms with Gasteiger partial charge in [0, 0.05) is 59.0 Å². The number of Topliss-reactive ketones (excluding diaryl/α,β-unsaturated/α-hetero) is 1. The van der Waals surface area contributed by atoms with E-state index in [2.05, 4.69) is 20.6 Å². The molecule has 0 spiro atoms. The summed E-state index contributed by atoms with van der Waals surface area (Å²) in [4.78, 5) is 32.2. The number of hydrogen-bond acceptors (Lipinski definition) is 5. The topological polar surface area (TPSA) is 84.0 Å². The lowest BCUT2D eigenvalue weighted by Gasteiger charge is -2.30. The van der Waals surface area contributed by atoms with Gasteiger partial charge >= 0.3 is 6.18 Å². The van der Waals surface area contributed by atoms with Crippen LogP contribution in [0.4, 0.5) is 18.9 Å². The SMILES string of the molecule is O=C(CCCCC(=O)c1cccnc1)NC1CCC(Nc2cc(C(F)(F)F)nc3ccc(Cl)cc23)CC1. The molecule has 2 heterocycles. The highest BCUT2D eigenvalue weighted by atomic mass is 35.5. The molecule has 0 atom stereocenters. The summed E-state index contributed by atoms with van der Waals surface area (Å²) in [6.45, 7) is 0. The van der Waals surface area contributed by atoms with Crippen LogP contribution in [0.5, 0.6) is 0 Å². The summed E-state index contributed by atoms with van der Waals surface area (Å²) in [5.41, 5.74) is 0.209. The standard InChI is InChI=1S/C27H28ClF3N4O2/c28-18-7-12-22-21(14-18)23(15-25(35-22)27(29,30)31)33-19-8-10-20(11-9-19)34-26(37)6-2-1-5-24(36)17-4-3-13-32-16-17/h3-4,7,12-16,19-20H,1-2,5-6,8-11H2,(H,33,35)(H,34,37). The van der Waals surface area contributed by atoms with Crippen molar-refractivity contribution in [1.29, 1.82) is 0 Å². The maximum atomic E-state index is 13.4. The van der Waals surface area contributed by atoms with Crippen molar-refractivity contribution in [2.45, 2.75) is 69.6 Å². The number of aromatic nitrogens is 2. The van der Waals surface area contributed by atoms with E-state index in [1.165, 1.54) is 12.1 Å². The number of alkyl halides is 3. The van der Waals surface area contributed by atoms with Crippen molar-refractivity contribution in [2.75, 3.05) is 5.32 Å². The minimum atomic E-state index is -4.56. The van der Waals surface area contributed by atoms with Crippen molar-refractivity contribution in [2.24, 2.45) is 0 Å². The normalized spacial score (nSPS) is 17.9. The van der Waals surface area contributed by atoms with E-state index in [0.29, 0.717) is 60.2 Å². The number of ketones is 1. The molecular weight excluding hydrogens is 505 g/mol. The highest BCUT2D eigenvalue weighted by Gasteiger charge is 2.34. The summed E-state index contributed by atoms with van der Waals surface area (Å²) in [5.74, 6) is -0.0271. The molecule has 0 aliphatic heterocycles. The maximum absolute atomic E-state index is 13.4. The van der Waals surface area contributed by atoms with E-state index in [1.54, 1.807) is 30.6 Å². The molecule has 4 rings (SSSR count). The third kappa shape index (κ3) is 7.41. The maximum Gasteiger partial charge on any atom is 0.433 e. The molecule has 1 amide bonds. The lowest BCUT2D eigenvalue weighted by molar-refractivity contribution is -0.140. The molecule has 196 valence electrons. The minimum Gasteiger partial charge on any atom is -0.382 e. The first-order valence-corrected chi connectivity index (χ1v) is 12.7. The van der Waals surface area contributed by atoms with E-state index >= 15 is 0 Å². The number of unbranched alkanes of at least 4 members (excludes halogenated alkanes) is 1. The molecular formula is C27H28ClF3N4O2. The number of fused-ring (bicyclic) bond motifs is 1. The van der Waals surface area contributed by atoms with Crippen molar-refractivity contribution >= 4 is 39.9 Å². The highest BCUT2D eigenvalue weighted by Crippen LogP contribution is 2.35. The second-order valence-corrected chi connectivity index (χ2v) is 9.78. The molecule has 37 heavy (non-hydrogen) atoms. The summed E-state index contributed by atoms with van der Waals surface area (Å²) in [6.07, 6.45) is 3.43. The van der Waals surface area contributed by atoms with Crippen LogP contribution in [0.1, 0.15) is 67.4 Å². The Balaban J connectivity index is 1.24. The van der Waals surface area contributed by atoms with E-state index in [1.807, 2.05) is 0 Å². The predicted molar refractivity (Wildman–Crippen MR) is 137 cm³/mol. The first-order valence-electron chi connectivity index (χ1n) is 12.4. The lowest BCUT2D eigenvalue weighted by Crippen LogP contribution is -2.40. The Labute approximate surface area is 218 Å². The van der Waals surface area contributed by atoms with Crippen LogP contribution in [-0.2, 0) is 11.0 Å². The number of nitrogens with one attached hydrogen (secondary N) is 2. The molecule has 0 radical (unpaired) electrons. The summed E-state index contributed by atoms with van der Waals surface area (Å²) in [7, 11) is 0. The van der Waals surface area contributed by atoms with Gasteiger partial charge in [-0.05, 0) is 74.9 Å². The molecule has 2 aromatic heterocycles. The molecule has 0 saturated heterocycles. The van der Waals surface area contributed by atoms with E-state index in [-0.39, 0.29) is 29.3 Å². The number of carbonyl (C=O) groups excluding carboxylic acids is 2. The quantitative estimate of drug-likeness (QED) is 0.240. The Bertz CT molecular complexity index is 1250. The molecule has 3 aromatic rings. The minimum absolute atomic E-state index is 0.0194. The van der Waals surface area contributed by atoms with Gasteiger partial charge in [-0.15, -0.1) is 0 Å². The largest absolute Gasteiger partial charge is 0.433 e. The second-order valence-electron chi connectivity index (χ2n) is 9.35. The van der Waals surface area contributed by atoms with Gasteiger partial charge < -0.3 is 10.6 Å². The van der Waals surface area contributed by atoms with E-state index in [9.17, 15) is 22.8 Å². The van der Waals surface area contributed by atoms with Crippen LogP contribution >= 0.6 is 11.6 Å². The average molecular weight is 533 g/mol. The van der Waals surface area contributed by atoms with Gasteiger partial charge in [-0.25, -0.2) is 4.98 Å². The van der Waals surface area contributed by atoms with Crippen LogP contribution < -0.4 is 10.6 Å². The predicted octanol–water partition coefficient (Wildman–Crippen LogP) is 6.58. The smallest absolute Gasteiger partial charge is 0.382 e. The highest BCUT2D eigenvalue weighted by molar-refractivity contribution is 6.31. The van der Waals surface area contributed by atoms with Crippen molar-refractivity contribution in [1.82, 2.24) is 15.3 Å². The van der Waals surface area contributed by atoms with Crippen LogP contribution in [0.2, 0.25) is 5.02 Å². The van der Waals surface area contributed by atoms with E-state index in [4.69, 9.17) is 11.6 Å². The molecule has 0 bridgehead atoms. The fourth-order valence-corrected chi connectivity index (χ4v) is 4.78. The number of benzene rings is 1. The number of pyridine rings is 2. The van der Waals surface area contributed by atoms with Gasteiger partial charge in [0.05, 0.1) is 5.52 Å². The van der Waals surface area contributed by atoms with Gasteiger partial charge in [-0.1, -0.05) is 11.6 Å². The molecule has 0 unspecified atom stereocenters. The fourth-order valence-electron chi connectivity index (χ4n) is 4.61. The van der Waals surface area contributed by atoms with Gasteiger partial charge in [0.15, 0.2) is 5.78 Å². The van der Waals surface area contributed by atoms with Crippen molar-refractivity contribution in [3.8, 4) is 0 Å².